The van der Waals surface area contributed by atoms with Gasteiger partial charge in [-0.3, -0.25) is 0 Å². The van der Waals surface area contributed by atoms with Crippen LogP contribution in [0.25, 0.3) is 0 Å². The van der Waals surface area contributed by atoms with E-state index >= 15 is 0 Å². The zero-order valence-corrected chi connectivity index (χ0v) is 12.9. The van der Waals surface area contributed by atoms with E-state index in [1.54, 1.807) is 0 Å². The topological polar surface area (TPSA) is 24.9 Å². The zero-order chi connectivity index (χ0) is 12.4. The average molecular weight is 315 g/mol. The Labute approximate surface area is 128 Å². The molecule has 0 radical (unpaired) electrons. The van der Waals surface area contributed by atoms with Crippen molar-refractivity contribution in [2.75, 3.05) is 11.9 Å². The van der Waals surface area contributed by atoms with E-state index < -0.39 is 0 Å². The molecule has 5 heteroatoms. The third-order valence-corrected chi connectivity index (χ3v) is 4.50. The lowest BCUT2D eigenvalue weighted by Gasteiger charge is -1.99. The standard InChI is InChI=1S/C14H15ClN2S.ClH/c15-11-6-4-10(5-7-11)9-13-17-14-12(18-13)3-1-2-8-16-14;/h4-7,16H,1-3,8-9H2;1H. The summed E-state index contributed by atoms with van der Waals surface area (Å²) in [6.45, 7) is 1.05. The smallest absolute Gasteiger partial charge is 0.140 e. The van der Waals surface area contributed by atoms with E-state index in [-0.39, 0.29) is 12.4 Å². The molecule has 0 fully saturated rings. The van der Waals surface area contributed by atoms with Crippen LogP contribution >= 0.6 is 35.3 Å². The lowest BCUT2D eigenvalue weighted by Crippen LogP contribution is -1.99. The maximum absolute atomic E-state index is 5.89. The van der Waals surface area contributed by atoms with Gasteiger partial charge in [0.05, 0.1) is 5.01 Å². The zero-order valence-electron chi connectivity index (χ0n) is 10.5. The molecule has 2 aromatic rings. The van der Waals surface area contributed by atoms with Gasteiger partial charge in [-0.05, 0) is 37.0 Å². The minimum atomic E-state index is 0. The van der Waals surface area contributed by atoms with Gasteiger partial charge in [0.2, 0.25) is 0 Å². The van der Waals surface area contributed by atoms with Crippen LogP contribution in [0.15, 0.2) is 24.3 Å². The Balaban J connectivity index is 0.00000133. The quantitative estimate of drug-likeness (QED) is 0.879. The Morgan fingerprint density at radius 3 is 2.79 bits per heavy atom. The molecular weight excluding hydrogens is 299 g/mol. The highest BCUT2D eigenvalue weighted by molar-refractivity contribution is 7.12. The van der Waals surface area contributed by atoms with Gasteiger partial charge >= 0.3 is 0 Å². The summed E-state index contributed by atoms with van der Waals surface area (Å²) in [7, 11) is 0. The van der Waals surface area contributed by atoms with Crippen molar-refractivity contribution in [3.05, 3.63) is 44.7 Å². The van der Waals surface area contributed by atoms with Gasteiger partial charge in [0.15, 0.2) is 0 Å². The SMILES string of the molecule is Cl.Clc1ccc(Cc2nc3c(s2)CCCCN3)cc1. The number of hydrogen-bond acceptors (Lipinski definition) is 3. The molecular formula is C14H16Cl2N2S. The molecule has 0 saturated heterocycles. The van der Waals surface area contributed by atoms with Crippen molar-refractivity contribution in [3.63, 3.8) is 0 Å². The van der Waals surface area contributed by atoms with Gasteiger partial charge in [-0.1, -0.05) is 23.7 Å². The van der Waals surface area contributed by atoms with E-state index in [1.807, 2.05) is 23.5 Å². The summed E-state index contributed by atoms with van der Waals surface area (Å²) in [5.74, 6) is 1.11. The normalized spacial score (nSPS) is 13.9. The first kappa shape index (κ1) is 14.6. The monoisotopic (exact) mass is 314 g/mol. The number of aromatic nitrogens is 1. The summed E-state index contributed by atoms with van der Waals surface area (Å²) in [6, 6.07) is 8.02. The summed E-state index contributed by atoms with van der Waals surface area (Å²) in [5.41, 5.74) is 1.27. The number of benzene rings is 1. The Hall–Kier alpha value is -0.770. The lowest BCUT2D eigenvalue weighted by molar-refractivity contribution is 0.790. The van der Waals surface area contributed by atoms with Crippen molar-refractivity contribution in [2.45, 2.75) is 25.7 Å². The van der Waals surface area contributed by atoms with E-state index in [0.29, 0.717) is 0 Å². The van der Waals surface area contributed by atoms with Crippen LogP contribution in [0, 0.1) is 0 Å². The van der Waals surface area contributed by atoms with E-state index in [1.165, 1.54) is 34.7 Å². The van der Waals surface area contributed by atoms with Gasteiger partial charge in [0.25, 0.3) is 0 Å². The van der Waals surface area contributed by atoms with Crippen molar-refractivity contribution in [3.8, 4) is 0 Å². The van der Waals surface area contributed by atoms with Crippen LogP contribution in [0.2, 0.25) is 5.02 Å². The Bertz CT molecular complexity index is 513. The predicted molar refractivity (Wildman–Crippen MR) is 85.0 cm³/mol. The number of thiazole rings is 1. The van der Waals surface area contributed by atoms with Crippen LogP contribution in [0.5, 0.6) is 0 Å². The van der Waals surface area contributed by atoms with Crippen LogP contribution in [-0.2, 0) is 12.8 Å². The molecule has 0 unspecified atom stereocenters. The highest BCUT2D eigenvalue weighted by Crippen LogP contribution is 2.28. The first-order chi connectivity index (χ1) is 8.81. The molecule has 1 aliphatic rings. The van der Waals surface area contributed by atoms with Crippen LogP contribution in [0.4, 0.5) is 5.82 Å². The maximum Gasteiger partial charge on any atom is 0.140 e. The van der Waals surface area contributed by atoms with Gasteiger partial charge in [-0.2, -0.15) is 0 Å². The Kier molecular flexibility index (Phi) is 5.08. The van der Waals surface area contributed by atoms with Gasteiger partial charge in [0, 0.05) is 22.9 Å². The molecule has 0 bridgehead atoms. The van der Waals surface area contributed by atoms with E-state index in [9.17, 15) is 0 Å². The molecule has 1 aliphatic heterocycles. The van der Waals surface area contributed by atoms with Crippen LogP contribution in [0.1, 0.15) is 28.3 Å². The van der Waals surface area contributed by atoms with Gasteiger partial charge in [0.1, 0.15) is 5.82 Å². The van der Waals surface area contributed by atoms with Crippen LogP contribution in [-0.4, -0.2) is 11.5 Å². The molecule has 2 nitrogen and oxygen atoms in total. The third-order valence-electron chi connectivity index (χ3n) is 3.13. The second-order valence-electron chi connectivity index (χ2n) is 4.57. The fourth-order valence-electron chi connectivity index (χ4n) is 2.18. The van der Waals surface area contributed by atoms with Crippen molar-refractivity contribution in [1.29, 1.82) is 0 Å². The number of nitrogens with zero attached hydrogens (tertiary/aromatic N) is 1. The van der Waals surface area contributed by atoms with Gasteiger partial charge in [-0.25, -0.2) is 4.98 Å². The van der Waals surface area contributed by atoms with Crippen LogP contribution < -0.4 is 5.32 Å². The van der Waals surface area contributed by atoms with E-state index in [4.69, 9.17) is 16.6 Å². The maximum atomic E-state index is 5.89. The lowest BCUT2D eigenvalue weighted by atomic mass is 10.2. The van der Waals surface area contributed by atoms with Crippen molar-refractivity contribution >= 4 is 41.2 Å². The highest BCUT2D eigenvalue weighted by Gasteiger charge is 2.13. The van der Waals surface area contributed by atoms with Gasteiger partial charge < -0.3 is 5.32 Å². The fourth-order valence-corrected chi connectivity index (χ4v) is 3.42. The molecule has 1 aromatic carbocycles. The fraction of sp³-hybridized carbons (Fsp3) is 0.357. The van der Waals surface area contributed by atoms with E-state index in [2.05, 4.69) is 17.4 Å². The number of hydrogen-bond donors (Lipinski definition) is 1. The highest BCUT2D eigenvalue weighted by atomic mass is 35.5. The molecule has 0 saturated carbocycles. The number of halogens is 2. The van der Waals surface area contributed by atoms with Crippen molar-refractivity contribution in [2.24, 2.45) is 0 Å². The molecule has 2 heterocycles. The Morgan fingerprint density at radius 2 is 2.00 bits per heavy atom. The summed E-state index contributed by atoms with van der Waals surface area (Å²) in [5, 5.41) is 5.40. The third kappa shape index (κ3) is 3.62. The minimum absolute atomic E-state index is 0. The summed E-state index contributed by atoms with van der Waals surface area (Å²) < 4.78 is 0. The van der Waals surface area contributed by atoms with Gasteiger partial charge in [-0.15, -0.1) is 23.7 Å². The van der Waals surface area contributed by atoms with E-state index in [0.717, 1.165) is 23.8 Å². The molecule has 19 heavy (non-hydrogen) atoms. The molecule has 0 atom stereocenters. The number of aryl methyl sites for hydroxylation is 1. The van der Waals surface area contributed by atoms with Crippen LogP contribution in [0.3, 0.4) is 0 Å². The average Bonchev–Trinajstić information content (AvgIpc) is 2.62. The number of rotatable bonds is 2. The minimum Gasteiger partial charge on any atom is -0.369 e. The summed E-state index contributed by atoms with van der Waals surface area (Å²) >= 11 is 7.73. The molecule has 3 rings (SSSR count). The molecule has 0 spiro atoms. The first-order valence-corrected chi connectivity index (χ1v) is 7.47. The second-order valence-corrected chi connectivity index (χ2v) is 6.17. The molecule has 0 amide bonds. The molecule has 1 N–H and O–H groups in total. The number of nitrogens with one attached hydrogen (secondary N) is 1. The largest absolute Gasteiger partial charge is 0.369 e. The van der Waals surface area contributed by atoms with Crippen molar-refractivity contribution in [1.82, 2.24) is 4.98 Å². The molecule has 102 valence electrons. The molecule has 1 aromatic heterocycles. The molecule has 0 aliphatic carbocycles. The van der Waals surface area contributed by atoms with Crippen molar-refractivity contribution < 1.29 is 0 Å². The summed E-state index contributed by atoms with van der Waals surface area (Å²) in [4.78, 5) is 6.12. The number of fused-ring (bicyclic) bond motifs is 1. The Morgan fingerprint density at radius 1 is 1.21 bits per heavy atom. The predicted octanol–water partition coefficient (Wildman–Crippen LogP) is 4.56. The number of anilines is 1. The summed E-state index contributed by atoms with van der Waals surface area (Å²) in [6.07, 6.45) is 4.58. The first-order valence-electron chi connectivity index (χ1n) is 6.28. The second kappa shape index (κ2) is 6.60.